The number of carboxylic acids is 1. The number of hydrogen-bond acceptors (Lipinski definition) is 4. The highest BCUT2D eigenvalue weighted by Crippen LogP contribution is 2.35. The van der Waals surface area contributed by atoms with Gasteiger partial charge >= 0.3 is 5.97 Å². The normalized spacial score (nSPS) is 17.1. The maximum atomic E-state index is 11.0. The SMILES string of the molecule is COc1cc(CN2CC(C(C)C(=O)O)C2)c(OC)cc1Br. The highest BCUT2D eigenvalue weighted by molar-refractivity contribution is 9.10. The van der Waals surface area contributed by atoms with Crippen molar-refractivity contribution in [2.24, 2.45) is 11.8 Å². The fourth-order valence-corrected chi connectivity index (χ4v) is 3.03. The quantitative estimate of drug-likeness (QED) is 0.847. The number of likely N-dealkylation sites (tertiary alicyclic amines) is 1. The summed E-state index contributed by atoms with van der Waals surface area (Å²) in [5, 5.41) is 9.01. The van der Waals surface area contributed by atoms with E-state index in [0.717, 1.165) is 41.2 Å². The molecule has 1 aromatic carbocycles. The summed E-state index contributed by atoms with van der Waals surface area (Å²) >= 11 is 3.44. The van der Waals surface area contributed by atoms with Crippen molar-refractivity contribution in [3.63, 3.8) is 0 Å². The van der Waals surface area contributed by atoms with Crippen LogP contribution in [0.2, 0.25) is 0 Å². The van der Waals surface area contributed by atoms with Crippen LogP contribution in [0.5, 0.6) is 11.5 Å². The van der Waals surface area contributed by atoms with Crippen molar-refractivity contribution >= 4 is 21.9 Å². The number of methoxy groups -OCH3 is 2. The van der Waals surface area contributed by atoms with Crippen LogP contribution in [-0.4, -0.2) is 43.3 Å². The van der Waals surface area contributed by atoms with E-state index in [2.05, 4.69) is 20.8 Å². The zero-order valence-corrected chi connectivity index (χ0v) is 14.0. The van der Waals surface area contributed by atoms with Crippen molar-refractivity contribution in [1.82, 2.24) is 4.90 Å². The van der Waals surface area contributed by atoms with Gasteiger partial charge in [-0.3, -0.25) is 9.69 Å². The Hall–Kier alpha value is -1.27. The number of hydrogen-bond donors (Lipinski definition) is 1. The van der Waals surface area contributed by atoms with Crippen LogP contribution < -0.4 is 9.47 Å². The molecule has 1 unspecified atom stereocenters. The second-order valence-corrected chi connectivity index (χ2v) is 6.23. The highest BCUT2D eigenvalue weighted by Gasteiger charge is 2.34. The third kappa shape index (κ3) is 3.49. The Morgan fingerprint density at radius 2 is 2.00 bits per heavy atom. The average Bonchev–Trinajstić information content (AvgIpc) is 2.42. The lowest BCUT2D eigenvalue weighted by Crippen LogP contribution is -2.50. The van der Waals surface area contributed by atoms with E-state index < -0.39 is 5.97 Å². The van der Waals surface area contributed by atoms with Crippen LogP contribution in [-0.2, 0) is 11.3 Å². The fourth-order valence-electron chi connectivity index (χ4n) is 2.54. The number of benzene rings is 1. The molecule has 6 heteroatoms. The largest absolute Gasteiger partial charge is 0.496 e. The fraction of sp³-hybridized carbons (Fsp3) is 0.533. The summed E-state index contributed by atoms with van der Waals surface area (Å²) in [4.78, 5) is 13.2. The molecule has 1 aromatic rings. The van der Waals surface area contributed by atoms with E-state index in [-0.39, 0.29) is 11.8 Å². The molecule has 1 atom stereocenters. The first-order valence-corrected chi connectivity index (χ1v) is 7.61. The van der Waals surface area contributed by atoms with Gasteiger partial charge in [0.15, 0.2) is 0 Å². The van der Waals surface area contributed by atoms with E-state index in [1.165, 1.54) is 0 Å². The van der Waals surface area contributed by atoms with Crippen molar-refractivity contribution in [3.8, 4) is 11.5 Å². The second-order valence-electron chi connectivity index (χ2n) is 5.38. The van der Waals surface area contributed by atoms with Gasteiger partial charge in [0.05, 0.1) is 24.6 Å². The Balaban J connectivity index is 2.03. The number of aliphatic carboxylic acids is 1. The standard InChI is InChI=1S/C15H20BrNO4/c1-9(15(18)19)11-7-17(8-11)6-10-4-14(21-3)12(16)5-13(10)20-2/h4-5,9,11H,6-8H2,1-3H3,(H,18,19). The minimum atomic E-state index is -0.720. The first kappa shape index (κ1) is 16.1. The molecule has 1 fully saturated rings. The molecule has 0 radical (unpaired) electrons. The number of rotatable bonds is 6. The number of nitrogens with zero attached hydrogens (tertiary/aromatic N) is 1. The molecule has 1 N–H and O–H groups in total. The summed E-state index contributed by atoms with van der Waals surface area (Å²) in [5.74, 6) is 0.787. The van der Waals surface area contributed by atoms with Crippen molar-refractivity contribution in [2.75, 3.05) is 27.3 Å². The van der Waals surface area contributed by atoms with Crippen LogP contribution >= 0.6 is 15.9 Å². The average molecular weight is 358 g/mol. The number of ether oxygens (including phenoxy) is 2. The van der Waals surface area contributed by atoms with E-state index >= 15 is 0 Å². The van der Waals surface area contributed by atoms with Crippen LogP contribution in [0.15, 0.2) is 16.6 Å². The molecule has 1 aliphatic rings. The predicted octanol–water partition coefficient (Wildman–Crippen LogP) is 2.62. The molecule has 2 rings (SSSR count). The van der Waals surface area contributed by atoms with Crippen LogP contribution in [0.25, 0.3) is 0 Å². The molecule has 1 aliphatic heterocycles. The summed E-state index contributed by atoms with van der Waals surface area (Å²) in [6, 6.07) is 3.85. The molecule has 0 bridgehead atoms. The van der Waals surface area contributed by atoms with E-state index in [0.29, 0.717) is 0 Å². The van der Waals surface area contributed by atoms with Crippen molar-refractivity contribution in [3.05, 3.63) is 22.2 Å². The summed E-state index contributed by atoms with van der Waals surface area (Å²) in [6.07, 6.45) is 0. The van der Waals surface area contributed by atoms with Gasteiger partial charge in [-0.25, -0.2) is 0 Å². The van der Waals surface area contributed by atoms with Gasteiger partial charge in [0.1, 0.15) is 11.5 Å². The number of carboxylic acid groups (broad SMARTS) is 1. The van der Waals surface area contributed by atoms with Gasteiger partial charge in [-0.1, -0.05) is 6.92 Å². The van der Waals surface area contributed by atoms with Crippen molar-refractivity contribution in [1.29, 1.82) is 0 Å². The monoisotopic (exact) mass is 357 g/mol. The third-order valence-corrected chi connectivity index (χ3v) is 4.65. The number of halogens is 1. The molecule has 0 spiro atoms. The van der Waals surface area contributed by atoms with Crippen LogP contribution in [0, 0.1) is 11.8 Å². The lowest BCUT2D eigenvalue weighted by atomic mass is 9.87. The maximum Gasteiger partial charge on any atom is 0.306 e. The Morgan fingerprint density at radius 1 is 1.38 bits per heavy atom. The Labute approximate surface area is 133 Å². The number of carbonyl (C=O) groups is 1. The van der Waals surface area contributed by atoms with Gasteiger partial charge in [-0.2, -0.15) is 0 Å². The smallest absolute Gasteiger partial charge is 0.306 e. The molecule has 116 valence electrons. The zero-order valence-electron chi connectivity index (χ0n) is 12.4. The van der Waals surface area contributed by atoms with Crippen LogP contribution in [0.3, 0.4) is 0 Å². The van der Waals surface area contributed by atoms with E-state index in [4.69, 9.17) is 14.6 Å². The summed E-state index contributed by atoms with van der Waals surface area (Å²) in [6.45, 7) is 4.10. The van der Waals surface area contributed by atoms with Gasteiger partial charge in [0.25, 0.3) is 0 Å². The molecule has 1 heterocycles. The molecular formula is C15H20BrNO4. The van der Waals surface area contributed by atoms with Crippen LogP contribution in [0.4, 0.5) is 0 Å². The van der Waals surface area contributed by atoms with Crippen molar-refractivity contribution in [2.45, 2.75) is 13.5 Å². The van der Waals surface area contributed by atoms with E-state index in [9.17, 15) is 4.79 Å². The molecular weight excluding hydrogens is 338 g/mol. The first-order valence-electron chi connectivity index (χ1n) is 6.81. The van der Waals surface area contributed by atoms with E-state index in [1.807, 2.05) is 12.1 Å². The minimum absolute atomic E-state index is 0.228. The molecule has 0 amide bonds. The Kier molecular flexibility index (Phi) is 5.11. The van der Waals surface area contributed by atoms with Gasteiger partial charge < -0.3 is 14.6 Å². The maximum absolute atomic E-state index is 11.0. The van der Waals surface area contributed by atoms with Gasteiger partial charge in [0.2, 0.25) is 0 Å². The lowest BCUT2D eigenvalue weighted by Gasteiger charge is -2.41. The van der Waals surface area contributed by atoms with Gasteiger partial charge in [-0.15, -0.1) is 0 Å². The van der Waals surface area contributed by atoms with Crippen LogP contribution in [0.1, 0.15) is 12.5 Å². The first-order chi connectivity index (χ1) is 9.96. The molecule has 0 aromatic heterocycles. The molecule has 21 heavy (non-hydrogen) atoms. The molecule has 0 saturated carbocycles. The van der Waals surface area contributed by atoms with Gasteiger partial charge in [-0.05, 0) is 34.0 Å². The lowest BCUT2D eigenvalue weighted by molar-refractivity contribution is -0.145. The Bertz CT molecular complexity index is 529. The minimum Gasteiger partial charge on any atom is -0.496 e. The third-order valence-electron chi connectivity index (χ3n) is 4.03. The van der Waals surface area contributed by atoms with Crippen molar-refractivity contribution < 1.29 is 19.4 Å². The van der Waals surface area contributed by atoms with E-state index in [1.54, 1.807) is 21.1 Å². The summed E-state index contributed by atoms with van der Waals surface area (Å²) < 4.78 is 11.6. The molecule has 1 saturated heterocycles. The topological polar surface area (TPSA) is 59.0 Å². The highest BCUT2D eigenvalue weighted by atomic mass is 79.9. The Morgan fingerprint density at radius 3 is 2.52 bits per heavy atom. The molecule has 0 aliphatic carbocycles. The predicted molar refractivity (Wildman–Crippen MR) is 82.8 cm³/mol. The zero-order chi connectivity index (χ0) is 15.6. The summed E-state index contributed by atoms with van der Waals surface area (Å²) in [5.41, 5.74) is 1.04. The second kappa shape index (κ2) is 6.66. The molecule has 5 nitrogen and oxygen atoms in total. The summed E-state index contributed by atoms with van der Waals surface area (Å²) in [7, 11) is 3.27. The van der Waals surface area contributed by atoms with Gasteiger partial charge in [0, 0.05) is 25.2 Å².